The molecule has 0 radical (unpaired) electrons. The monoisotopic (exact) mass is 510 g/mol. The summed E-state index contributed by atoms with van der Waals surface area (Å²) in [4.78, 5) is 7.24. The van der Waals surface area contributed by atoms with E-state index < -0.39 is 0 Å². The molecule has 0 saturated carbocycles. The minimum Gasteiger partial charge on any atom is -0.507 e. The Kier molecular flexibility index (Phi) is 6.97. The average Bonchev–Trinajstić information content (AvgIpc) is 3.09. The van der Waals surface area contributed by atoms with Gasteiger partial charge in [0.2, 0.25) is 0 Å². The van der Waals surface area contributed by atoms with Crippen molar-refractivity contribution in [1.29, 1.82) is 0 Å². The molecule has 2 atom stereocenters. The number of para-hydroxylation sites is 1. The number of benzene rings is 1. The van der Waals surface area contributed by atoms with Crippen molar-refractivity contribution in [1.82, 2.24) is 25.3 Å². The molecule has 5 heterocycles. The van der Waals surface area contributed by atoms with Gasteiger partial charge in [0, 0.05) is 30.7 Å². The molecular formula is C29H34N8O. The van der Waals surface area contributed by atoms with Crippen LogP contribution in [0.4, 0.5) is 17.2 Å². The van der Waals surface area contributed by atoms with Crippen molar-refractivity contribution < 1.29 is 5.11 Å². The fourth-order valence-electron chi connectivity index (χ4n) is 6.08. The Labute approximate surface area is 223 Å². The number of phenols is 1. The molecule has 0 spiro atoms. The Balaban J connectivity index is 1.17. The second-order valence-electron chi connectivity index (χ2n) is 10.5. The van der Waals surface area contributed by atoms with E-state index in [4.69, 9.17) is 5.73 Å². The summed E-state index contributed by atoms with van der Waals surface area (Å²) < 4.78 is 0. The summed E-state index contributed by atoms with van der Waals surface area (Å²) in [5.74, 6) is 7.17. The molecule has 3 N–H and O–H groups in total. The van der Waals surface area contributed by atoms with Crippen LogP contribution in [0.15, 0.2) is 42.6 Å². The number of fused-ring (bicyclic) bond motifs is 2. The lowest BCUT2D eigenvalue weighted by molar-refractivity contribution is 0.320. The second-order valence-corrected chi connectivity index (χ2v) is 10.5. The molecule has 0 amide bonds. The summed E-state index contributed by atoms with van der Waals surface area (Å²) in [6, 6.07) is 11.9. The number of aromatic hydroxyl groups is 1. The standard InChI is InChI=1S/C29H34N8O/c30-29-27(17-26(33-34-29)25-9-3-4-10-28(25)38)36-19-22-11-12-23(20-36)37(22)24-16-21(32-31-18-24)8-7-15-35-13-5-1-2-6-14-35/h3-4,9-10,16-18,22-23,38H,1-2,5-6,11-15,19-20H2,(H2,30,34). The number of anilines is 3. The first-order chi connectivity index (χ1) is 18.7. The molecule has 3 aromatic rings. The predicted octanol–water partition coefficient (Wildman–Crippen LogP) is 3.31. The fraction of sp³-hybridized carbons (Fsp3) is 0.448. The molecule has 196 valence electrons. The second kappa shape index (κ2) is 10.8. The Bertz CT molecular complexity index is 1330. The van der Waals surface area contributed by atoms with Crippen LogP contribution in [0, 0.1) is 11.8 Å². The number of hydrogen-bond acceptors (Lipinski definition) is 9. The molecule has 6 rings (SSSR count). The van der Waals surface area contributed by atoms with E-state index in [2.05, 4.69) is 53.0 Å². The molecule has 9 heteroatoms. The molecule has 1 aromatic carbocycles. The largest absolute Gasteiger partial charge is 0.507 e. The van der Waals surface area contributed by atoms with Gasteiger partial charge in [-0.3, -0.25) is 4.90 Å². The van der Waals surface area contributed by atoms with Crippen LogP contribution in [0.25, 0.3) is 11.3 Å². The lowest BCUT2D eigenvalue weighted by Crippen LogP contribution is -2.54. The van der Waals surface area contributed by atoms with Gasteiger partial charge in [0.25, 0.3) is 0 Å². The molecule has 2 aromatic heterocycles. The van der Waals surface area contributed by atoms with Gasteiger partial charge in [0.05, 0.1) is 29.8 Å². The minimum atomic E-state index is 0.179. The molecule has 3 fully saturated rings. The lowest BCUT2D eigenvalue weighted by Gasteiger charge is -2.43. The number of nitrogens with two attached hydrogens (primary N) is 1. The maximum absolute atomic E-state index is 10.3. The minimum absolute atomic E-state index is 0.179. The molecule has 3 aliphatic heterocycles. The van der Waals surface area contributed by atoms with Crippen LogP contribution in [0.5, 0.6) is 5.75 Å². The van der Waals surface area contributed by atoms with Gasteiger partial charge in [0.15, 0.2) is 5.82 Å². The quantitative estimate of drug-likeness (QED) is 0.511. The normalized spacial score (nSPS) is 21.6. The summed E-state index contributed by atoms with van der Waals surface area (Å²) >= 11 is 0. The van der Waals surface area contributed by atoms with Crippen LogP contribution in [0.3, 0.4) is 0 Å². The zero-order chi connectivity index (χ0) is 25.9. The molecule has 9 nitrogen and oxygen atoms in total. The molecule has 0 aliphatic carbocycles. The van der Waals surface area contributed by atoms with Crippen LogP contribution in [0.1, 0.15) is 44.2 Å². The van der Waals surface area contributed by atoms with Crippen LogP contribution in [0.2, 0.25) is 0 Å². The molecular weight excluding hydrogens is 476 g/mol. The van der Waals surface area contributed by atoms with E-state index in [0.29, 0.717) is 29.2 Å². The topological polar surface area (TPSA) is 108 Å². The third-order valence-corrected chi connectivity index (χ3v) is 7.96. The smallest absolute Gasteiger partial charge is 0.169 e. The maximum atomic E-state index is 10.3. The highest BCUT2D eigenvalue weighted by Gasteiger charge is 2.41. The van der Waals surface area contributed by atoms with Crippen molar-refractivity contribution in [3.05, 3.63) is 48.3 Å². The van der Waals surface area contributed by atoms with Crippen LogP contribution < -0.4 is 15.5 Å². The van der Waals surface area contributed by atoms with Gasteiger partial charge in [-0.25, -0.2) is 0 Å². The van der Waals surface area contributed by atoms with Crippen molar-refractivity contribution in [2.24, 2.45) is 0 Å². The van der Waals surface area contributed by atoms with Gasteiger partial charge < -0.3 is 20.6 Å². The van der Waals surface area contributed by atoms with Crippen molar-refractivity contribution >= 4 is 17.2 Å². The Morgan fingerprint density at radius 2 is 1.71 bits per heavy atom. The van der Waals surface area contributed by atoms with Crippen LogP contribution >= 0.6 is 0 Å². The van der Waals surface area contributed by atoms with Crippen molar-refractivity contribution in [3.63, 3.8) is 0 Å². The number of aromatic nitrogens is 4. The third-order valence-electron chi connectivity index (χ3n) is 7.96. The highest BCUT2D eigenvalue weighted by molar-refractivity contribution is 5.74. The first-order valence-electron chi connectivity index (χ1n) is 13.6. The molecule has 2 unspecified atom stereocenters. The summed E-state index contributed by atoms with van der Waals surface area (Å²) in [7, 11) is 0. The van der Waals surface area contributed by atoms with Gasteiger partial charge >= 0.3 is 0 Å². The van der Waals surface area contributed by atoms with E-state index in [1.807, 2.05) is 24.4 Å². The summed E-state index contributed by atoms with van der Waals surface area (Å²) in [5, 5.41) is 27.4. The van der Waals surface area contributed by atoms with Gasteiger partial charge in [-0.1, -0.05) is 30.9 Å². The zero-order valence-corrected chi connectivity index (χ0v) is 21.6. The Morgan fingerprint density at radius 3 is 2.47 bits per heavy atom. The molecule has 3 aliphatic rings. The van der Waals surface area contributed by atoms with E-state index in [0.717, 1.165) is 62.6 Å². The van der Waals surface area contributed by atoms with E-state index in [1.165, 1.54) is 25.7 Å². The van der Waals surface area contributed by atoms with Gasteiger partial charge in [-0.05, 0) is 69.0 Å². The number of hydrogen-bond donors (Lipinski definition) is 2. The number of nitrogen functional groups attached to an aromatic ring is 1. The highest BCUT2D eigenvalue weighted by Crippen LogP contribution is 2.38. The van der Waals surface area contributed by atoms with Crippen molar-refractivity contribution in [2.75, 3.05) is 48.3 Å². The van der Waals surface area contributed by atoms with Crippen molar-refractivity contribution in [3.8, 4) is 28.8 Å². The van der Waals surface area contributed by atoms with Crippen molar-refractivity contribution in [2.45, 2.75) is 50.6 Å². The van der Waals surface area contributed by atoms with Gasteiger partial charge in [-0.15, -0.1) is 15.3 Å². The number of nitrogens with zero attached hydrogens (tertiary/aromatic N) is 7. The average molecular weight is 511 g/mol. The first kappa shape index (κ1) is 24.4. The first-order valence-corrected chi connectivity index (χ1v) is 13.6. The van der Waals surface area contributed by atoms with Gasteiger partial charge in [-0.2, -0.15) is 5.10 Å². The summed E-state index contributed by atoms with van der Waals surface area (Å²) in [6.45, 7) is 4.72. The highest BCUT2D eigenvalue weighted by atomic mass is 16.3. The Hall–Kier alpha value is -3.90. The molecule has 2 bridgehead atoms. The van der Waals surface area contributed by atoms with Crippen LogP contribution in [-0.2, 0) is 0 Å². The third kappa shape index (κ3) is 5.09. The van der Waals surface area contributed by atoms with E-state index in [-0.39, 0.29) is 5.75 Å². The SMILES string of the molecule is Nc1nnc(-c2ccccc2O)cc1N1CC2CCC(C1)N2c1cnnc(C#CCN2CCCCCC2)c1. The van der Waals surface area contributed by atoms with E-state index in [9.17, 15) is 5.11 Å². The van der Waals surface area contributed by atoms with E-state index >= 15 is 0 Å². The number of phenolic OH excluding ortho intramolecular Hbond substituents is 1. The number of likely N-dealkylation sites (tertiary alicyclic amines) is 1. The lowest BCUT2D eigenvalue weighted by atomic mass is 10.1. The zero-order valence-electron chi connectivity index (χ0n) is 21.6. The fourth-order valence-corrected chi connectivity index (χ4v) is 6.08. The van der Waals surface area contributed by atoms with E-state index in [1.54, 1.807) is 12.1 Å². The summed E-state index contributed by atoms with van der Waals surface area (Å²) in [6.07, 6.45) is 9.25. The number of rotatable bonds is 4. The number of piperazine rings is 1. The predicted molar refractivity (Wildman–Crippen MR) is 149 cm³/mol. The summed E-state index contributed by atoms with van der Waals surface area (Å²) in [5.41, 5.74) is 10.2. The molecule has 38 heavy (non-hydrogen) atoms. The Morgan fingerprint density at radius 1 is 0.947 bits per heavy atom. The maximum Gasteiger partial charge on any atom is 0.169 e. The van der Waals surface area contributed by atoms with Gasteiger partial charge in [0.1, 0.15) is 11.4 Å². The van der Waals surface area contributed by atoms with Crippen LogP contribution in [-0.4, -0.2) is 75.2 Å². The molecule has 3 saturated heterocycles.